The average molecular weight is 412 g/mol. The summed E-state index contributed by atoms with van der Waals surface area (Å²) in [6, 6.07) is 4.69. The maximum atomic E-state index is 12.2. The van der Waals surface area contributed by atoms with E-state index in [9.17, 15) is 14.7 Å². The SMILES string of the molecule is CC(=O)Nc1ccc2c(C(C(=O)O)N3CCN(Cc4nonc4C)CC3)c[nH]c2c1. The van der Waals surface area contributed by atoms with Gasteiger partial charge in [-0.05, 0) is 19.1 Å². The Bertz CT molecular complexity index is 1070. The van der Waals surface area contributed by atoms with E-state index in [0.29, 0.717) is 25.3 Å². The third-order valence-electron chi connectivity index (χ3n) is 5.45. The molecule has 3 aromatic rings. The first kappa shape index (κ1) is 20.0. The van der Waals surface area contributed by atoms with E-state index in [4.69, 9.17) is 4.63 Å². The Labute approximate surface area is 172 Å². The molecule has 2 aromatic heterocycles. The van der Waals surface area contributed by atoms with E-state index in [-0.39, 0.29) is 5.91 Å². The molecule has 0 bridgehead atoms. The lowest BCUT2D eigenvalue weighted by atomic mass is 10.0. The van der Waals surface area contributed by atoms with Gasteiger partial charge in [-0.2, -0.15) is 0 Å². The minimum absolute atomic E-state index is 0.154. The number of hydrogen-bond donors (Lipinski definition) is 3. The molecule has 3 N–H and O–H groups in total. The van der Waals surface area contributed by atoms with Gasteiger partial charge in [-0.15, -0.1) is 0 Å². The number of hydrogen-bond acceptors (Lipinski definition) is 7. The van der Waals surface area contributed by atoms with E-state index in [1.165, 1.54) is 6.92 Å². The summed E-state index contributed by atoms with van der Waals surface area (Å²) in [6.45, 7) is 6.65. The standard InChI is InChI=1S/C20H24N6O4/c1-12-18(24-30-23-12)11-25-5-7-26(8-6-25)19(20(28)29)16-10-21-17-9-14(22-13(2)27)3-4-15(16)17/h3-4,9-10,19,21H,5-8,11H2,1-2H3,(H,22,27)(H,28,29). The van der Waals surface area contributed by atoms with Crippen LogP contribution in [-0.4, -0.2) is 68.3 Å². The van der Waals surface area contributed by atoms with Gasteiger partial charge in [0.1, 0.15) is 17.4 Å². The van der Waals surface area contributed by atoms with Crippen LogP contribution in [0.3, 0.4) is 0 Å². The zero-order chi connectivity index (χ0) is 21.3. The lowest BCUT2D eigenvalue weighted by Crippen LogP contribution is -2.48. The number of carbonyl (C=O) groups is 2. The van der Waals surface area contributed by atoms with Crippen LogP contribution in [0.1, 0.15) is 29.9 Å². The third kappa shape index (κ3) is 4.05. The highest BCUT2D eigenvalue weighted by molar-refractivity contribution is 5.94. The first-order chi connectivity index (χ1) is 14.4. The summed E-state index contributed by atoms with van der Waals surface area (Å²) >= 11 is 0. The molecule has 1 saturated heterocycles. The third-order valence-corrected chi connectivity index (χ3v) is 5.45. The predicted molar refractivity (Wildman–Crippen MR) is 109 cm³/mol. The molecule has 0 spiro atoms. The fourth-order valence-electron chi connectivity index (χ4n) is 3.93. The number of carboxylic acid groups (broad SMARTS) is 1. The van der Waals surface area contributed by atoms with Crippen LogP contribution < -0.4 is 5.32 Å². The van der Waals surface area contributed by atoms with E-state index in [1.807, 2.05) is 24.0 Å². The first-order valence-electron chi connectivity index (χ1n) is 9.78. The highest BCUT2D eigenvalue weighted by Crippen LogP contribution is 2.31. The van der Waals surface area contributed by atoms with E-state index in [1.54, 1.807) is 12.3 Å². The van der Waals surface area contributed by atoms with Gasteiger partial charge in [0, 0.05) is 68.0 Å². The molecule has 158 valence electrons. The second kappa shape index (κ2) is 8.25. The van der Waals surface area contributed by atoms with Crippen molar-refractivity contribution in [2.24, 2.45) is 0 Å². The molecule has 1 amide bonds. The summed E-state index contributed by atoms with van der Waals surface area (Å²) < 4.78 is 4.76. The number of nitrogens with zero attached hydrogens (tertiary/aromatic N) is 4. The van der Waals surface area contributed by atoms with Gasteiger partial charge in [-0.25, -0.2) is 4.63 Å². The molecule has 1 aliphatic rings. The molecule has 30 heavy (non-hydrogen) atoms. The zero-order valence-electron chi connectivity index (χ0n) is 16.9. The minimum Gasteiger partial charge on any atom is -0.480 e. The molecule has 3 heterocycles. The maximum absolute atomic E-state index is 12.2. The van der Waals surface area contributed by atoms with Crippen molar-refractivity contribution in [3.05, 3.63) is 41.3 Å². The lowest BCUT2D eigenvalue weighted by molar-refractivity contribution is -0.144. The predicted octanol–water partition coefficient (Wildman–Crippen LogP) is 1.76. The van der Waals surface area contributed by atoms with Gasteiger partial charge in [0.2, 0.25) is 5.91 Å². The van der Waals surface area contributed by atoms with Gasteiger partial charge >= 0.3 is 5.97 Å². The number of aromatic amines is 1. The summed E-state index contributed by atoms with van der Waals surface area (Å²) in [4.78, 5) is 30.8. The summed E-state index contributed by atoms with van der Waals surface area (Å²) in [5.41, 5.74) is 3.76. The van der Waals surface area contributed by atoms with Crippen molar-refractivity contribution in [2.75, 3.05) is 31.5 Å². The fraction of sp³-hybridized carbons (Fsp3) is 0.400. The topological polar surface area (TPSA) is 128 Å². The Morgan fingerprint density at radius 1 is 1.27 bits per heavy atom. The summed E-state index contributed by atoms with van der Waals surface area (Å²) in [6.07, 6.45) is 1.75. The number of aryl methyl sites for hydroxylation is 1. The Morgan fingerprint density at radius 3 is 2.67 bits per heavy atom. The second-order valence-corrected chi connectivity index (χ2v) is 7.53. The van der Waals surface area contributed by atoms with E-state index in [0.717, 1.165) is 40.9 Å². The van der Waals surface area contributed by atoms with Crippen molar-refractivity contribution >= 4 is 28.5 Å². The minimum atomic E-state index is -0.883. The molecule has 1 unspecified atom stereocenters. The summed E-state index contributed by atoms with van der Waals surface area (Å²) in [5.74, 6) is -1.04. The summed E-state index contributed by atoms with van der Waals surface area (Å²) in [5, 5.41) is 21.3. The van der Waals surface area contributed by atoms with Crippen LogP contribution in [0.5, 0.6) is 0 Å². The molecule has 0 saturated carbocycles. The van der Waals surface area contributed by atoms with Gasteiger partial charge in [-0.3, -0.25) is 19.4 Å². The number of piperazine rings is 1. The van der Waals surface area contributed by atoms with Crippen LogP contribution >= 0.6 is 0 Å². The highest BCUT2D eigenvalue weighted by Gasteiger charge is 2.32. The Hall–Kier alpha value is -3.24. The molecule has 1 aromatic carbocycles. The quantitative estimate of drug-likeness (QED) is 0.559. The van der Waals surface area contributed by atoms with Crippen LogP contribution in [0.4, 0.5) is 5.69 Å². The van der Waals surface area contributed by atoms with Crippen LogP contribution in [0.2, 0.25) is 0 Å². The smallest absolute Gasteiger partial charge is 0.325 e. The monoisotopic (exact) mass is 412 g/mol. The first-order valence-corrected chi connectivity index (χ1v) is 9.78. The van der Waals surface area contributed by atoms with Crippen LogP contribution in [-0.2, 0) is 16.1 Å². The number of aliphatic carboxylic acids is 1. The van der Waals surface area contributed by atoms with E-state index < -0.39 is 12.0 Å². The normalized spacial score (nSPS) is 16.6. The van der Waals surface area contributed by atoms with Crippen LogP contribution in [0, 0.1) is 6.92 Å². The molecule has 1 aliphatic heterocycles. The number of H-pyrrole nitrogens is 1. The zero-order valence-corrected chi connectivity index (χ0v) is 16.9. The van der Waals surface area contributed by atoms with Crippen LogP contribution in [0.25, 0.3) is 10.9 Å². The molecule has 0 radical (unpaired) electrons. The van der Waals surface area contributed by atoms with Crippen molar-refractivity contribution < 1.29 is 19.3 Å². The largest absolute Gasteiger partial charge is 0.480 e. The van der Waals surface area contributed by atoms with Crippen molar-refractivity contribution in [3.8, 4) is 0 Å². The lowest BCUT2D eigenvalue weighted by Gasteiger charge is -2.37. The molecule has 0 aliphatic carbocycles. The van der Waals surface area contributed by atoms with Crippen LogP contribution in [0.15, 0.2) is 29.0 Å². The van der Waals surface area contributed by atoms with Crippen molar-refractivity contribution in [2.45, 2.75) is 26.4 Å². The molecule has 10 heteroatoms. The highest BCUT2D eigenvalue weighted by atomic mass is 16.6. The molecular weight excluding hydrogens is 388 g/mol. The van der Waals surface area contributed by atoms with Crippen molar-refractivity contribution in [1.82, 2.24) is 25.1 Å². The van der Waals surface area contributed by atoms with Crippen molar-refractivity contribution in [1.29, 1.82) is 0 Å². The van der Waals surface area contributed by atoms with Gasteiger partial charge < -0.3 is 15.4 Å². The number of anilines is 1. The average Bonchev–Trinajstić information content (AvgIpc) is 3.29. The van der Waals surface area contributed by atoms with E-state index in [2.05, 4.69) is 25.5 Å². The number of benzene rings is 1. The Kier molecular flexibility index (Phi) is 5.51. The Balaban J connectivity index is 1.50. The van der Waals surface area contributed by atoms with Gasteiger partial charge in [0.25, 0.3) is 0 Å². The van der Waals surface area contributed by atoms with E-state index >= 15 is 0 Å². The number of nitrogens with one attached hydrogen (secondary N) is 2. The number of amides is 1. The Morgan fingerprint density at radius 2 is 2.03 bits per heavy atom. The number of carboxylic acids is 1. The molecule has 10 nitrogen and oxygen atoms in total. The van der Waals surface area contributed by atoms with Gasteiger partial charge in [0.15, 0.2) is 0 Å². The second-order valence-electron chi connectivity index (χ2n) is 7.53. The fourth-order valence-corrected chi connectivity index (χ4v) is 3.93. The number of rotatable bonds is 6. The molecular formula is C20H24N6O4. The van der Waals surface area contributed by atoms with Gasteiger partial charge in [0.05, 0.1) is 0 Å². The maximum Gasteiger partial charge on any atom is 0.325 e. The summed E-state index contributed by atoms with van der Waals surface area (Å²) in [7, 11) is 0. The molecule has 4 rings (SSSR count). The van der Waals surface area contributed by atoms with Crippen molar-refractivity contribution in [3.63, 3.8) is 0 Å². The number of aromatic nitrogens is 3. The molecule has 1 fully saturated rings. The number of fused-ring (bicyclic) bond motifs is 1. The molecule has 1 atom stereocenters. The van der Waals surface area contributed by atoms with Gasteiger partial charge in [-0.1, -0.05) is 16.4 Å². The number of carbonyl (C=O) groups excluding carboxylic acids is 1.